The third-order valence-corrected chi connectivity index (χ3v) is 6.91. The summed E-state index contributed by atoms with van der Waals surface area (Å²) in [6, 6.07) is 18.4. The fourth-order valence-corrected chi connectivity index (χ4v) is 4.61. The Morgan fingerprint density at radius 1 is 1.02 bits per heavy atom. The number of aromatic nitrogens is 4. The molecule has 44 heavy (non-hydrogen) atoms. The van der Waals surface area contributed by atoms with Gasteiger partial charge in [-0.3, -0.25) is 14.2 Å². The molecule has 0 saturated heterocycles. The van der Waals surface area contributed by atoms with Crippen LogP contribution in [0.4, 0.5) is 14.5 Å². The number of halogens is 2. The van der Waals surface area contributed by atoms with Crippen LogP contribution in [-0.2, 0) is 0 Å². The number of anilines is 1. The highest BCUT2D eigenvalue weighted by atomic mass is 19.1. The summed E-state index contributed by atoms with van der Waals surface area (Å²) in [6.45, 7) is 3.94. The van der Waals surface area contributed by atoms with E-state index >= 15 is 4.39 Å². The summed E-state index contributed by atoms with van der Waals surface area (Å²) in [5.41, 5.74) is 1.72. The molecule has 3 N–H and O–H groups in total. The molecular formula is C33H25F2N5O4. The van der Waals surface area contributed by atoms with Gasteiger partial charge < -0.3 is 20.1 Å². The van der Waals surface area contributed by atoms with Gasteiger partial charge in [0.2, 0.25) is 0 Å². The zero-order chi connectivity index (χ0) is 31.0. The number of imidazole rings is 1. The molecule has 3 aromatic heterocycles. The number of amides is 1. The number of benzene rings is 3. The standard InChI is InChI=1S/C33H25F2N5O4/c1-18(2)30-38-28-29(25(17-36-31(28)39-30)19-5-12-23(41)13-6-19)44-27-14-9-21(16-26(27)35)37-32(42)24-4-3-15-40(33(24)43)22-10-7-20(34)8-11-22/h3-18,41H,1-2H3,(H,37,42)(H,36,38,39). The van der Waals surface area contributed by atoms with Gasteiger partial charge in [-0.15, -0.1) is 0 Å². The van der Waals surface area contributed by atoms with E-state index in [2.05, 4.69) is 20.3 Å². The molecule has 0 fully saturated rings. The summed E-state index contributed by atoms with van der Waals surface area (Å²) in [5, 5.41) is 12.3. The molecule has 1 amide bonds. The second-order valence-electron chi connectivity index (χ2n) is 10.3. The lowest BCUT2D eigenvalue weighted by Gasteiger charge is -2.14. The van der Waals surface area contributed by atoms with Gasteiger partial charge in [0.15, 0.2) is 28.5 Å². The van der Waals surface area contributed by atoms with Gasteiger partial charge in [-0.2, -0.15) is 0 Å². The first-order valence-corrected chi connectivity index (χ1v) is 13.6. The maximum absolute atomic E-state index is 15.5. The van der Waals surface area contributed by atoms with Crippen LogP contribution in [0.3, 0.4) is 0 Å². The normalized spacial score (nSPS) is 11.2. The number of rotatable bonds is 7. The molecule has 0 unspecified atom stereocenters. The molecule has 6 rings (SSSR count). The van der Waals surface area contributed by atoms with E-state index in [1.54, 1.807) is 18.3 Å². The molecule has 220 valence electrons. The number of aromatic amines is 1. The van der Waals surface area contributed by atoms with Crippen molar-refractivity contribution in [3.63, 3.8) is 0 Å². The summed E-state index contributed by atoms with van der Waals surface area (Å²) in [7, 11) is 0. The molecule has 0 saturated carbocycles. The highest BCUT2D eigenvalue weighted by Crippen LogP contribution is 2.39. The molecule has 0 atom stereocenters. The third-order valence-electron chi connectivity index (χ3n) is 6.91. The lowest BCUT2D eigenvalue weighted by Crippen LogP contribution is -2.27. The Balaban J connectivity index is 1.30. The van der Waals surface area contributed by atoms with E-state index in [1.807, 2.05) is 13.8 Å². The third kappa shape index (κ3) is 5.50. The summed E-state index contributed by atoms with van der Waals surface area (Å²) in [5.74, 6) is -1.03. The number of nitrogens with one attached hydrogen (secondary N) is 2. The number of H-pyrrole nitrogens is 1. The van der Waals surface area contributed by atoms with Crippen LogP contribution in [0, 0.1) is 11.6 Å². The number of nitrogens with zero attached hydrogens (tertiary/aromatic N) is 3. The molecular weight excluding hydrogens is 568 g/mol. The molecule has 9 nitrogen and oxygen atoms in total. The Hall–Kier alpha value is -5.84. The molecule has 3 heterocycles. The van der Waals surface area contributed by atoms with E-state index in [9.17, 15) is 19.1 Å². The minimum absolute atomic E-state index is 0.0678. The van der Waals surface area contributed by atoms with Crippen LogP contribution >= 0.6 is 0 Å². The van der Waals surface area contributed by atoms with E-state index in [1.165, 1.54) is 71.4 Å². The van der Waals surface area contributed by atoms with Gasteiger partial charge in [-0.05, 0) is 66.2 Å². The zero-order valence-electron chi connectivity index (χ0n) is 23.5. The summed E-state index contributed by atoms with van der Waals surface area (Å²) >= 11 is 0. The summed E-state index contributed by atoms with van der Waals surface area (Å²) < 4.78 is 36.1. The SMILES string of the molecule is CC(C)c1nc2c(Oc3ccc(NC(=O)c4cccn(-c5ccc(F)cc5)c4=O)cc3F)c(-c3ccc(O)cc3)cnc2[nH]1. The molecule has 0 aliphatic rings. The maximum Gasteiger partial charge on any atom is 0.267 e. The van der Waals surface area contributed by atoms with Crippen LogP contribution in [0.25, 0.3) is 28.0 Å². The minimum Gasteiger partial charge on any atom is -0.508 e. The van der Waals surface area contributed by atoms with Crippen LogP contribution < -0.4 is 15.6 Å². The van der Waals surface area contributed by atoms with Crippen LogP contribution in [0.15, 0.2) is 96.1 Å². The van der Waals surface area contributed by atoms with Crippen molar-refractivity contribution in [2.24, 2.45) is 0 Å². The molecule has 0 bridgehead atoms. The number of hydrogen-bond donors (Lipinski definition) is 3. The molecule has 3 aromatic carbocycles. The average molecular weight is 594 g/mol. The van der Waals surface area contributed by atoms with E-state index in [-0.39, 0.29) is 34.4 Å². The number of carbonyl (C=O) groups is 1. The fourth-order valence-electron chi connectivity index (χ4n) is 4.61. The second-order valence-corrected chi connectivity index (χ2v) is 10.3. The Labute approximate surface area is 249 Å². The number of hydrogen-bond acceptors (Lipinski definition) is 6. The van der Waals surface area contributed by atoms with E-state index in [0.717, 1.165) is 6.07 Å². The van der Waals surface area contributed by atoms with Crippen LogP contribution in [-0.4, -0.2) is 30.5 Å². The topological polar surface area (TPSA) is 122 Å². The Morgan fingerprint density at radius 3 is 2.48 bits per heavy atom. The van der Waals surface area contributed by atoms with Gasteiger partial charge in [0.25, 0.3) is 11.5 Å². The first-order chi connectivity index (χ1) is 21.2. The summed E-state index contributed by atoms with van der Waals surface area (Å²) in [4.78, 5) is 38.3. The van der Waals surface area contributed by atoms with Crippen LogP contribution in [0.2, 0.25) is 0 Å². The number of carbonyl (C=O) groups excluding carboxylic acids is 1. The number of fused-ring (bicyclic) bond motifs is 1. The molecule has 0 aliphatic heterocycles. The van der Waals surface area contributed by atoms with Gasteiger partial charge in [-0.1, -0.05) is 26.0 Å². The molecule has 11 heteroatoms. The minimum atomic E-state index is -0.777. The fraction of sp³-hybridized carbons (Fsp3) is 0.0909. The van der Waals surface area contributed by atoms with Gasteiger partial charge in [0.1, 0.15) is 23.0 Å². The van der Waals surface area contributed by atoms with Crippen LogP contribution in [0.5, 0.6) is 17.2 Å². The van der Waals surface area contributed by atoms with Crippen molar-refractivity contribution < 1.29 is 23.4 Å². The predicted molar refractivity (Wildman–Crippen MR) is 162 cm³/mol. The molecule has 0 spiro atoms. The van der Waals surface area contributed by atoms with Crippen molar-refractivity contribution in [1.82, 2.24) is 19.5 Å². The molecule has 0 radical (unpaired) electrons. The van der Waals surface area contributed by atoms with Crippen molar-refractivity contribution in [3.8, 4) is 34.1 Å². The molecule has 0 aliphatic carbocycles. The quantitative estimate of drug-likeness (QED) is 0.185. The predicted octanol–water partition coefficient (Wildman–Crippen LogP) is 6.93. The number of pyridine rings is 2. The highest BCUT2D eigenvalue weighted by Gasteiger charge is 2.20. The zero-order valence-corrected chi connectivity index (χ0v) is 23.5. The number of aromatic hydroxyl groups is 1. The van der Waals surface area contributed by atoms with Crippen molar-refractivity contribution in [2.45, 2.75) is 19.8 Å². The van der Waals surface area contributed by atoms with Crippen molar-refractivity contribution >= 4 is 22.8 Å². The first-order valence-electron chi connectivity index (χ1n) is 13.6. The monoisotopic (exact) mass is 593 g/mol. The lowest BCUT2D eigenvalue weighted by atomic mass is 10.1. The highest BCUT2D eigenvalue weighted by molar-refractivity contribution is 6.04. The van der Waals surface area contributed by atoms with Gasteiger partial charge in [-0.25, -0.2) is 18.7 Å². The Morgan fingerprint density at radius 2 is 1.77 bits per heavy atom. The van der Waals surface area contributed by atoms with E-state index in [4.69, 9.17) is 4.74 Å². The lowest BCUT2D eigenvalue weighted by molar-refractivity contribution is 0.102. The Kier molecular flexibility index (Phi) is 7.36. The number of phenols is 1. The van der Waals surface area contributed by atoms with Gasteiger partial charge >= 0.3 is 0 Å². The van der Waals surface area contributed by atoms with Crippen molar-refractivity contribution in [2.75, 3.05) is 5.32 Å². The Bertz CT molecular complexity index is 2070. The second kappa shape index (κ2) is 11.4. The van der Waals surface area contributed by atoms with Crippen LogP contribution in [0.1, 0.15) is 35.9 Å². The van der Waals surface area contributed by atoms with E-state index < -0.39 is 23.1 Å². The number of ether oxygens (including phenoxy) is 1. The smallest absolute Gasteiger partial charge is 0.267 e. The van der Waals surface area contributed by atoms with Crippen molar-refractivity contribution in [1.29, 1.82) is 0 Å². The largest absolute Gasteiger partial charge is 0.508 e. The summed E-state index contributed by atoms with van der Waals surface area (Å²) in [6.07, 6.45) is 3.04. The average Bonchev–Trinajstić information content (AvgIpc) is 3.45. The first kappa shape index (κ1) is 28.3. The van der Waals surface area contributed by atoms with Crippen molar-refractivity contribution in [3.05, 3.63) is 125 Å². The maximum atomic E-state index is 15.5. The van der Waals surface area contributed by atoms with Gasteiger partial charge in [0, 0.05) is 41.3 Å². The van der Waals surface area contributed by atoms with Gasteiger partial charge in [0.05, 0.1) is 0 Å². The van der Waals surface area contributed by atoms with E-state index in [0.29, 0.717) is 33.8 Å². The molecule has 6 aromatic rings. The number of phenolic OH excluding ortho intramolecular Hbond substituents is 1.